The van der Waals surface area contributed by atoms with Gasteiger partial charge in [-0.1, -0.05) is 6.92 Å². The van der Waals surface area contributed by atoms with Crippen molar-refractivity contribution in [1.29, 1.82) is 0 Å². The van der Waals surface area contributed by atoms with Crippen molar-refractivity contribution in [3.8, 4) is 0 Å². The summed E-state index contributed by atoms with van der Waals surface area (Å²) in [6.07, 6.45) is 5.29. The number of aromatic nitrogens is 1. The highest BCUT2D eigenvalue weighted by atomic mass is 32.2. The Kier molecular flexibility index (Phi) is 6.35. The Morgan fingerprint density at radius 2 is 2.30 bits per heavy atom. The number of hydrogen-bond donors (Lipinski definition) is 2. The first-order valence-electron chi connectivity index (χ1n) is 7.88. The summed E-state index contributed by atoms with van der Waals surface area (Å²) in [5, 5.41) is 3.22. The molecule has 2 rings (SSSR count). The molecule has 8 heteroatoms. The van der Waals surface area contributed by atoms with Gasteiger partial charge >= 0.3 is 0 Å². The fourth-order valence-corrected chi connectivity index (χ4v) is 3.66. The molecule has 23 heavy (non-hydrogen) atoms. The first-order chi connectivity index (χ1) is 11.0. The Labute approximate surface area is 138 Å². The van der Waals surface area contributed by atoms with Crippen molar-refractivity contribution in [3.63, 3.8) is 0 Å². The van der Waals surface area contributed by atoms with E-state index in [4.69, 9.17) is 0 Å². The van der Waals surface area contributed by atoms with Gasteiger partial charge in [-0.25, -0.2) is 13.1 Å². The van der Waals surface area contributed by atoms with Crippen LogP contribution in [0.5, 0.6) is 0 Å². The number of hydrogen-bond acceptors (Lipinski definition) is 4. The van der Waals surface area contributed by atoms with Gasteiger partial charge < -0.3 is 10.2 Å². The van der Waals surface area contributed by atoms with Crippen LogP contribution in [-0.2, 0) is 10.0 Å². The predicted octanol–water partition coefficient (Wildman–Crippen LogP) is 0.667. The van der Waals surface area contributed by atoms with Crippen LogP contribution in [0.3, 0.4) is 0 Å². The molecule has 1 aliphatic rings. The summed E-state index contributed by atoms with van der Waals surface area (Å²) in [7, 11) is -1.75. The lowest BCUT2D eigenvalue weighted by atomic mass is 10.0. The summed E-state index contributed by atoms with van der Waals surface area (Å²) in [4.78, 5) is 10.5. The summed E-state index contributed by atoms with van der Waals surface area (Å²) in [5.74, 6) is 1.49. The van der Waals surface area contributed by atoms with Gasteiger partial charge in [-0.15, -0.1) is 0 Å². The molecule has 7 nitrogen and oxygen atoms in total. The normalized spacial score (nSPS) is 19.7. The minimum atomic E-state index is -3.50. The van der Waals surface area contributed by atoms with Gasteiger partial charge in [-0.05, 0) is 30.9 Å². The maximum Gasteiger partial charge on any atom is 0.242 e. The van der Waals surface area contributed by atoms with E-state index in [0.717, 1.165) is 25.5 Å². The Bertz CT molecular complexity index is 618. The van der Waals surface area contributed by atoms with E-state index in [0.29, 0.717) is 19.0 Å². The highest BCUT2D eigenvalue weighted by Gasteiger charge is 2.19. The maximum atomic E-state index is 12.1. The van der Waals surface area contributed by atoms with Crippen molar-refractivity contribution in [2.45, 2.75) is 24.7 Å². The predicted molar refractivity (Wildman–Crippen MR) is 90.8 cm³/mol. The summed E-state index contributed by atoms with van der Waals surface area (Å²) < 4.78 is 26.7. The molecule has 1 unspecified atom stereocenters. The number of guanidine groups is 1. The standard InChI is InChI=1S/C15H25N5O2S/c1-13-5-4-10-20(12-13)15(16-2)18-8-9-19-23(21,22)14-6-3-7-17-11-14/h3,6-7,11,13,19H,4-5,8-10,12H2,1-2H3,(H,16,18). The van der Waals surface area contributed by atoms with E-state index in [-0.39, 0.29) is 4.90 Å². The minimum Gasteiger partial charge on any atom is -0.355 e. The van der Waals surface area contributed by atoms with Gasteiger partial charge in [0.05, 0.1) is 0 Å². The number of piperidine rings is 1. The van der Waals surface area contributed by atoms with Crippen LogP contribution in [0.1, 0.15) is 19.8 Å². The van der Waals surface area contributed by atoms with Crippen molar-refractivity contribution >= 4 is 16.0 Å². The largest absolute Gasteiger partial charge is 0.355 e. The molecule has 0 bridgehead atoms. The fraction of sp³-hybridized carbons (Fsp3) is 0.600. The van der Waals surface area contributed by atoms with E-state index in [1.54, 1.807) is 19.3 Å². The number of nitrogens with one attached hydrogen (secondary N) is 2. The van der Waals surface area contributed by atoms with E-state index in [9.17, 15) is 8.42 Å². The lowest BCUT2D eigenvalue weighted by Crippen LogP contribution is -2.47. The second kappa shape index (κ2) is 8.26. The van der Waals surface area contributed by atoms with E-state index >= 15 is 0 Å². The lowest BCUT2D eigenvalue weighted by molar-refractivity contribution is 0.266. The number of pyridine rings is 1. The van der Waals surface area contributed by atoms with Gasteiger partial charge in [-0.3, -0.25) is 9.98 Å². The van der Waals surface area contributed by atoms with Crippen molar-refractivity contribution in [1.82, 2.24) is 19.9 Å². The Balaban J connectivity index is 1.80. The average molecular weight is 339 g/mol. The van der Waals surface area contributed by atoms with E-state index in [2.05, 4.69) is 31.8 Å². The number of aliphatic imine (C=N–C) groups is 1. The van der Waals surface area contributed by atoms with Gasteiger partial charge in [0.25, 0.3) is 0 Å². The van der Waals surface area contributed by atoms with Crippen LogP contribution in [-0.4, -0.2) is 57.5 Å². The highest BCUT2D eigenvalue weighted by molar-refractivity contribution is 7.89. The molecule has 2 N–H and O–H groups in total. The van der Waals surface area contributed by atoms with Crippen LogP contribution in [0.4, 0.5) is 0 Å². The first-order valence-corrected chi connectivity index (χ1v) is 9.36. The Hall–Kier alpha value is -1.67. The van der Waals surface area contributed by atoms with Gasteiger partial charge in [-0.2, -0.15) is 0 Å². The molecule has 1 aliphatic heterocycles. The van der Waals surface area contributed by atoms with Gasteiger partial charge in [0.1, 0.15) is 4.90 Å². The lowest BCUT2D eigenvalue weighted by Gasteiger charge is -2.33. The molecular weight excluding hydrogens is 314 g/mol. The molecule has 1 atom stereocenters. The van der Waals surface area contributed by atoms with Crippen LogP contribution >= 0.6 is 0 Å². The topological polar surface area (TPSA) is 86.7 Å². The molecule has 1 fully saturated rings. The van der Waals surface area contributed by atoms with E-state index in [1.807, 2.05) is 0 Å². The zero-order valence-electron chi connectivity index (χ0n) is 13.7. The van der Waals surface area contributed by atoms with Crippen LogP contribution in [0.25, 0.3) is 0 Å². The van der Waals surface area contributed by atoms with Crippen molar-refractivity contribution in [2.75, 3.05) is 33.2 Å². The monoisotopic (exact) mass is 339 g/mol. The summed E-state index contributed by atoms with van der Waals surface area (Å²) in [6.45, 7) is 4.99. The Morgan fingerprint density at radius 3 is 2.96 bits per heavy atom. The zero-order valence-corrected chi connectivity index (χ0v) is 14.5. The molecule has 0 amide bonds. The molecule has 0 aliphatic carbocycles. The van der Waals surface area contributed by atoms with Gasteiger partial charge in [0, 0.05) is 45.6 Å². The second-order valence-electron chi connectivity index (χ2n) is 5.75. The van der Waals surface area contributed by atoms with E-state index < -0.39 is 10.0 Å². The van der Waals surface area contributed by atoms with Crippen molar-refractivity contribution < 1.29 is 8.42 Å². The molecule has 2 heterocycles. The summed E-state index contributed by atoms with van der Waals surface area (Å²) >= 11 is 0. The van der Waals surface area contributed by atoms with Crippen LogP contribution in [0.15, 0.2) is 34.4 Å². The van der Waals surface area contributed by atoms with Gasteiger partial charge in [0.15, 0.2) is 5.96 Å². The molecule has 0 radical (unpaired) electrons. The smallest absolute Gasteiger partial charge is 0.242 e. The molecular formula is C15H25N5O2S. The number of sulfonamides is 1. The Morgan fingerprint density at radius 1 is 1.48 bits per heavy atom. The molecule has 0 spiro atoms. The molecule has 1 aromatic rings. The average Bonchev–Trinajstić information content (AvgIpc) is 2.56. The van der Waals surface area contributed by atoms with Gasteiger partial charge in [0.2, 0.25) is 10.0 Å². The summed E-state index contributed by atoms with van der Waals surface area (Å²) in [5.41, 5.74) is 0. The van der Waals surface area contributed by atoms with Crippen LogP contribution in [0, 0.1) is 5.92 Å². The first kappa shape index (κ1) is 17.7. The third-order valence-corrected chi connectivity index (χ3v) is 5.26. The number of nitrogens with zero attached hydrogens (tertiary/aromatic N) is 3. The molecule has 0 aromatic carbocycles. The van der Waals surface area contributed by atoms with Crippen molar-refractivity contribution in [3.05, 3.63) is 24.5 Å². The van der Waals surface area contributed by atoms with E-state index in [1.165, 1.54) is 18.7 Å². The fourth-order valence-electron chi connectivity index (χ4n) is 2.66. The van der Waals surface area contributed by atoms with Crippen molar-refractivity contribution in [2.24, 2.45) is 10.9 Å². The molecule has 1 aromatic heterocycles. The maximum absolute atomic E-state index is 12.1. The third-order valence-electron chi connectivity index (χ3n) is 3.81. The number of likely N-dealkylation sites (tertiary alicyclic amines) is 1. The van der Waals surface area contributed by atoms with Crippen LogP contribution in [0.2, 0.25) is 0 Å². The molecule has 0 saturated carbocycles. The third kappa shape index (κ3) is 5.18. The minimum absolute atomic E-state index is 0.175. The quantitative estimate of drug-likeness (QED) is 0.468. The highest BCUT2D eigenvalue weighted by Crippen LogP contribution is 2.15. The zero-order chi connectivity index (χ0) is 16.7. The number of rotatable bonds is 5. The van der Waals surface area contributed by atoms with Crippen LogP contribution < -0.4 is 10.0 Å². The SMILES string of the molecule is CN=C(NCCNS(=O)(=O)c1cccnc1)N1CCCC(C)C1. The molecule has 128 valence electrons. The second-order valence-corrected chi connectivity index (χ2v) is 7.52. The molecule has 1 saturated heterocycles. The summed E-state index contributed by atoms with van der Waals surface area (Å²) in [6, 6.07) is 3.13.